The minimum absolute atomic E-state index is 0.130. The molecule has 0 saturated carbocycles. The molecule has 4 heteroatoms. The van der Waals surface area contributed by atoms with Crippen LogP contribution in [0.15, 0.2) is 35.8 Å². The summed E-state index contributed by atoms with van der Waals surface area (Å²) in [6.07, 6.45) is 2.82. The predicted octanol–water partition coefficient (Wildman–Crippen LogP) is 3.54. The molecule has 1 aromatic heterocycles. The van der Waals surface area contributed by atoms with Crippen LogP contribution in [0.2, 0.25) is 0 Å². The molecule has 1 aliphatic heterocycles. The molecule has 0 spiro atoms. The van der Waals surface area contributed by atoms with Crippen LogP contribution in [0.5, 0.6) is 5.75 Å². The third-order valence-corrected chi connectivity index (χ3v) is 4.14. The molecule has 0 fully saturated rings. The van der Waals surface area contributed by atoms with Gasteiger partial charge >= 0.3 is 0 Å². The molecule has 0 radical (unpaired) electrons. The molecule has 1 atom stereocenters. The van der Waals surface area contributed by atoms with Crippen molar-refractivity contribution in [1.82, 2.24) is 10.3 Å². The Kier molecular flexibility index (Phi) is 3.29. The lowest BCUT2D eigenvalue weighted by molar-refractivity contribution is 0.0657. The van der Waals surface area contributed by atoms with Gasteiger partial charge in [0.15, 0.2) is 0 Å². The van der Waals surface area contributed by atoms with E-state index in [4.69, 9.17) is 4.74 Å². The van der Waals surface area contributed by atoms with Crippen molar-refractivity contribution in [3.05, 3.63) is 46.4 Å². The largest absolute Gasteiger partial charge is 0.487 e. The highest BCUT2D eigenvalue weighted by Crippen LogP contribution is 2.39. The van der Waals surface area contributed by atoms with Crippen LogP contribution in [0.4, 0.5) is 0 Å². The molecule has 2 heterocycles. The smallest absolute Gasteiger partial charge is 0.124 e. The quantitative estimate of drug-likeness (QED) is 0.929. The first-order chi connectivity index (χ1) is 9.14. The van der Waals surface area contributed by atoms with E-state index in [2.05, 4.69) is 36.3 Å². The molecule has 100 valence electrons. The van der Waals surface area contributed by atoms with Crippen LogP contribution in [0.1, 0.15) is 36.9 Å². The van der Waals surface area contributed by atoms with Crippen LogP contribution in [-0.4, -0.2) is 10.6 Å². The second-order valence-corrected chi connectivity index (χ2v) is 6.44. The van der Waals surface area contributed by atoms with E-state index in [9.17, 15) is 0 Å². The first-order valence-electron chi connectivity index (χ1n) is 6.54. The Balaban J connectivity index is 1.80. The summed E-state index contributed by atoms with van der Waals surface area (Å²) in [5, 5.41) is 6.74. The van der Waals surface area contributed by atoms with Gasteiger partial charge in [0.25, 0.3) is 0 Å². The first kappa shape index (κ1) is 12.6. The number of nitrogens with one attached hydrogen (secondary N) is 1. The van der Waals surface area contributed by atoms with Gasteiger partial charge in [0, 0.05) is 36.1 Å². The van der Waals surface area contributed by atoms with E-state index in [0.29, 0.717) is 6.04 Å². The topological polar surface area (TPSA) is 34.2 Å². The number of ether oxygens (including phenoxy) is 1. The highest BCUT2D eigenvalue weighted by Gasteiger charge is 2.33. The molecular weight excluding hydrogens is 256 g/mol. The lowest BCUT2D eigenvalue weighted by atomic mass is 9.90. The fourth-order valence-electron chi connectivity index (χ4n) is 2.54. The molecule has 1 unspecified atom stereocenters. The van der Waals surface area contributed by atoms with Crippen LogP contribution in [-0.2, 0) is 6.54 Å². The van der Waals surface area contributed by atoms with E-state index in [1.807, 2.05) is 23.7 Å². The van der Waals surface area contributed by atoms with E-state index >= 15 is 0 Å². The third-order valence-electron chi connectivity index (χ3n) is 3.36. The highest BCUT2D eigenvalue weighted by molar-refractivity contribution is 7.09. The number of hydrogen-bond donors (Lipinski definition) is 1. The summed E-state index contributed by atoms with van der Waals surface area (Å²) in [6.45, 7) is 5.09. The molecule has 3 rings (SSSR count). The number of benzene rings is 1. The zero-order chi connectivity index (χ0) is 13.3. The van der Waals surface area contributed by atoms with E-state index in [0.717, 1.165) is 23.7 Å². The summed E-state index contributed by atoms with van der Waals surface area (Å²) in [4.78, 5) is 4.32. The van der Waals surface area contributed by atoms with Crippen LogP contribution in [0.3, 0.4) is 0 Å². The van der Waals surface area contributed by atoms with Crippen molar-refractivity contribution in [2.75, 3.05) is 0 Å². The van der Waals surface area contributed by atoms with Crippen LogP contribution in [0, 0.1) is 0 Å². The number of nitrogens with zero attached hydrogens (tertiary/aromatic N) is 1. The van der Waals surface area contributed by atoms with Crippen molar-refractivity contribution in [3.63, 3.8) is 0 Å². The monoisotopic (exact) mass is 274 g/mol. The molecule has 3 nitrogen and oxygen atoms in total. The van der Waals surface area contributed by atoms with Gasteiger partial charge in [0.1, 0.15) is 16.4 Å². The summed E-state index contributed by atoms with van der Waals surface area (Å²) >= 11 is 1.69. The van der Waals surface area contributed by atoms with Gasteiger partial charge < -0.3 is 10.1 Å². The fourth-order valence-corrected chi connectivity index (χ4v) is 3.10. The van der Waals surface area contributed by atoms with Crippen molar-refractivity contribution in [1.29, 1.82) is 0 Å². The normalized spacial score (nSPS) is 20.6. The van der Waals surface area contributed by atoms with Crippen LogP contribution < -0.4 is 10.1 Å². The van der Waals surface area contributed by atoms with Gasteiger partial charge in [-0.2, -0.15) is 0 Å². The van der Waals surface area contributed by atoms with Gasteiger partial charge in [-0.3, -0.25) is 0 Å². The maximum absolute atomic E-state index is 6.03. The van der Waals surface area contributed by atoms with Crippen molar-refractivity contribution in [2.24, 2.45) is 0 Å². The summed E-state index contributed by atoms with van der Waals surface area (Å²) in [5.74, 6) is 0.996. The number of aromatic nitrogens is 1. The Morgan fingerprint density at radius 3 is 3.05 bits per heavy atom. The number of fused-ring (bicyclic) bond motifs is 1. The highest BCUT2D eigenvalue weighted by atomic mass is 32.1. The van der Waals surface area contributed by atoms with Gasteiger partial charge in [0.05, 0.1) is 0 Å². The van der Waals surface area contributed by atoms with Crippen molar-refractivity contribution in [3.8, 4) is 5.75 Å². The zero-order valence-corrected chi connectivity index (χ0v) is 12.0. The zero-order valence-electron chi connectivity index (χ0n) is 11.2. The Labute approximate surface area is 117 Å². The third kappa shape index (κ3) is 2.80. The minimum Gasteiger partial charge on any atom is -0.487 e. The molecule has 1 aliphatic rings. The minimum atomic E-state index is -0.130. The van der Waals surface area contributed by atoms with E-state index < -0.39 is 0 Å². The maximum Gasteiger partial charge on any atom is 0.124 e. The molecule has 0 aliphatic carbocycles. The van der Waals surface area contributed by atoms with E-state index in [1.165, 1.54) is 5.56 Å². The van der Waals surface area contributed by atoms with Crippen molar-refractivity contribution in [2.45, 2.75) is 38.5 Å². The van der Waals surface area contributed by atoms with Crippen LogP contribution in [0.25, 0.3) is 0 Å². The van der Waals surface area contributed by atoms with Crippen molar-refractivity contribution < 1.29 is 4.74 Å². The second kappa shape index (κ2) is 4.94. The molecular formula is C15H18N2OS. The van der Waals surface area contributed by atoms with Gasteiger partial charge in [-0.05, 0) is 19.9 Å². The maximum atomic E-state index is 6.03. The summed E-state index contributed by atoms with van der Waals surface area (Å²) in [6, 6.07) is 8.61. The van der Waals surface area contributed by atoms with E-state index in [1.54, 1.807) is 11.3 Å². The van der Waals surface area contributed by atoms with Gasteiger partial charge in [0.2, 0.25) is 0 Å². The van der Waals surface area contributed by atoms with Crippen molar-refractivity contribution >= 4 is 11.3 Å². The number of rotatable bonds is 3. The summed E-state index contributed by atoms with van der Waals surface area (Å²) in [5.41, 5.74) is 1.12. The Hall–Kier alpha value is -1.39. The van der Waals surface area contributed by atoms with Gasteiger partial charge in [-0.25, -0.2) is 4.98 Å². The van der Waals surface area contributed by atoms with E-state index in [-0.39, 0.29) is 5.60 Å². The Bertz CT molecular complexity index is 551. The number of hydrogen-bond acceptors (Lipinski definition) is 4. The molecule has 0 saturated heterocycles. The standard InChI is InChI=1S/C15H18N2OS/c1-15(2)9-12(17-10-14-16-7-8-19-14)11-5-3-4-6-13(11)18-15/h3-8,12,17H,9-10H2,1-2H3. The Morgan fingerprint density at radius 2 is 2.26 bits per heavy atom. The SMILES string of the molecule is CC1(C)CC(NCc2nccs2)c2ccccc2O1. The summed E-state index contributed by atoms with van der Waals surface area (Å²) in [7, 11) is 0. The lowest BCUT2D eigenvalue weighted by Crippen LogP contribution is -2.39. The predicted molar refractivity (Wildman–Crippen MR) is 77.5 cm³/mol. The fraction of sp³-hybridized carbons (Fsp3) is 0.400. The molecule has 0 bridgehead atoms. The average Bonchev–Trinajstić information content (AvgIpc) is 2.87. The van der Waals surface area contributed by atoms with Gasteiger partial charge in [-0.1, -0.05) is 18.2 Å². The van der Waals surface area contributed by atoms with Gasteiger partial charge in [-0.15, -0.1) is 11.3 Å². The molecule has 19 heavy (non-hydrogen) atoms. The molecule has 0 amide bonds. The summed E-state index contributed by atoms with van der Waals surface area (Å²) < 4.78 is 6.03. The first-order valence-corrected chi connectivity index (χ1v) is 7.42. The molecule has 1 aromatic carbocycles. The van der Waals surface area contributed by atoms with Crippen LogP contribution >= 0.6 is 11.3 Å². The number of para-hydroxylation sites is 1. The molecule has 1 N–H and O–H groups in total. The lowest BCUT2D eigenvalue weighted by Gasteiger charge is -2.38. The second-order valence-electron chi connectivity index (χ2n) is 5.46. The Morgan fingerprint density at radius 1 is 1.42 bits per heavy atom. The molecule has 2 aromatic rings. The average molecular weight is 274 g/mol. The number of thiazole rings is 1.